The summed E-state index contributed by atoms with van der Waals surface area (Å²) in [5.74, 6) is -1.15. The third kappa shape index (κ3) is 2.91. The lowest BCUT2D eigenvalue weighted by molar-refractivity contribution is 0.0991. The molecule has 116 valence electrons. The quantitative estimate of drug-likeness (QED) is 0.745. The molecule has 0 fully saturated rings. The molecule has 6 heteroatoms. The zero-order valence-corrected chi connectivity index (χ0v) is 12.4. The van der Waals surface area contributed by atoms with E-state index in [4.69, 9.17) is 11.5 Å². The molecule has 2 aromatic heterocycles. The molecular formula is C17H16N4O2. The standard InChI is InChI=1S/C17H16N4O2/c18-15(22)12-8-13-14(16(19)23)10-21(17(13)20-9-12)7-6-11-4-2-1-3-5-11/h1-5,8-10H,6-7H2,(H2,18,22)(H2,19,23). The van der Waals surface area contributed by atoms with Crippen LogP contribution in [0.1, 0.15) is 26.3 Å². The van der Waals surface area contributed by atoms with Crippen molar-refractivity contribution >= 4 is 22.8 Å². The fourth-order valence-corrected chi connectivity index (χ4v) is 2.57. The Hall–Kier alpha value is -3.15. The molecule has 0 saturated carbocycles. The highest BCUT2D eigenvalue weighted by atomic mass is 16.1. The van der Waals surface area contributed by atoms with Gasteiger partial charge in [-0.25, -0.2) is 4.98 Å². The van der Waals surface area contributed by atoms with E-state index in [1.54, 1.807) is 12.3 Å². The Morgan fingerprint density at radius 2 is 1.83 bits per heavy atom. The van der Waals surface area contributed by atoms with Crippen LogP contribution in [0.3, 0.4) is 0 Å². The van der Waals surface area contributed by atoms with E-state index in [2.05, 4.69) is 4.98 Å². The predicted molar refractivity (Wildman–Crippen MR) is 86.9 cm³/mol. The molecule has 1 aromatic carbocycles. The monoisotopic (exact) mass is 308 g/mol. The van der Waals surface area contributed by atoms with Crippen LogP contribution < -0.4 is 11.5 Å². The van der Waals surface area contributed by atoms with Gasteiger partial charge < -0.3 is 16.0 Å². The maximum absolute atomic E-state index is 11.6. The van der Waals surface area contributed by atoms with E-state index in [0.29, 0.717) is 23.1 Å². The van der Waals surface area contributed by atoms with Crippen molar-refractivity contribution in [2.75, 3.05) is 0 Å². The Labute approximate surface area is 132 Å². The molecule has 0 aliphatic rings. The van der Waals surface area contributed by atoms with E-state index in [0.717, 1.165) is 6.42 Å². The highest BCUT2D eigenvalue weighted by molar-refractivity contribution is 6.07. The Bertz CT molecular complexity index is 884. The fraction of sp³-hybridized carbons (Fsp3) is 0.118. The van der Waals surface area contributed by atoms with E-state index in [-0.39, 0.29) is 5.56 Å². The van der Waals surface area contributed by atoms with E-state index < -0.39 is 11.8 Å². The van der Waals surface area contributed by atoms with Crippen LogP contribution in [0, 0.1) is 0 Å². The normalized spacial score (nSPS) is 10.8. The number of carbonyl (C=O) groups is 2. The third-order valence-corrected chi connectivity index (χ3v) is 3.75. The number of hydrogen-bond acceptors (Lipinski definition) is 3. The number of fused-ring (bicyclic) bond motifs is 1. The number of primary amides is 2. The van der Waals surface area contributed by atoms with Crippen LogP contribution in [0.25, 0.3) is 11.0 Å². The first-order valence-electron chi connectivity index (χ1n) is 7.18. The maximum atomic E-state index is 11.6. The van der Waals surface area contributed by atoms with Gasteiger partial charge in [-0.2, -0.15) is 0 Å². The smallest absolute Gasteiger partial charge is 0.250 e. The van der Waals surface area contributed by atoms with Gasteiger partial charge in [0.05, 0.1) is 11.1 Å². The largest absolute Gasteiger partial charge is 0.366 e. The van der Waals surface area contributed by atoms with Crippen molar-refractivity contribution in [3.8, 4) is 0 Å². The number of benzene rings is 1. The SMILES string of the molecule is NC(=O)c1cnc2c(c1)c(C(N)=O)cn2CCc1ccccc1. The molecule has 3 aromatic rings. The summed E-state index contributed by atoms with van der Waals surface area (Å²) >= 11 is 0. The summed E-state index contributed by atoms with van der Waals surface area (Å²) in [6.07, 6.45) is 3.88. The number of carbonyl (C=O) groups excluding carboxylic acids is 2. The van der Waals surface area contributed by atoms with Crippen LogP contribution in [0.5, 0.6) is 0 Å². The van der Waals surface area contributed by atoms with Gasteiger partial charge in [0.1, 0.15) is 5.65 Å². The second-order valence-corrected chi connectivity index (χ2v) is 5.30. The molecule has 0 spiro atoms. The van der Waals surface area contributed by atoms with Crippen LogP contribution in [0.15, 0.2) is 48.8 Å². The van der Waals surface area contributed by atoms with Crippen molar-refractivity contribution < 1.29 is 9.59 Å². The molecule has 0 bridgehead atoms. The molecule has 0 aliphatic heterocycles. The molecule has 4 N–H and O–H groups in total. The summed E-state index contributed by atoms with van der Waals surface area (Å²) in [4.78, 5) is 27.2. The average molecular weight is 308 g/mol. The van der Waals surface area contributed by atoms with Crippen LogP contribution in [0.4, 0.5) is 0 Å². The summed E-state index contributed by atoms with van der Waals surface area (Å²) in [6, 6.07) is 11.6. The number of nitrogens with two attached hydrogens (primary N) is 2. The highest BCUT2D eigenvalue weighted by Crippen LogP contribution is 2.21. The number of pyridine rings is 1. The topological polar surface area (TPSA) is 104 Å². The summed E-state index contributed by atoms with van der Waals surface area (Å²) in [5, 5.41) is 0.543. The second-order valence-electron chi connectivity index (χ2n) is 5.30. The van der Waals surface area contributed by atoms with Crippen molar-refractivity contribution in [2.45, 2.75) is 13.0 Å². The Morgan fingerprint density at radius 1 is 1.09 bits per heavy atom. The van der Waals surface area contributed by atoms with Gasteiger partial charge >= 0.3 is 0 Å². The first kappa shape index (κ1) is 14.8. The van der Waals surface area contributed by atoms with Crippen molar-refractivity contribution in [3.05, 3.63) is 65.5 Å². The lowest BCUT2D eigenvalue weighted by Crippen LogP contribution is -2.12. The van der Waals surface area contributed by atoms with Gasteiger partial charge in [0, 0.05) is 24.3 Å². The summed E-state index contributed by atoms with van der Waals surface area (Å²) in [7, 11) is 0. The lowest BCUT2D eigenvalue weighted by Gasteiger charge is -2.05. The van der Waals surface area contributed by atoms with Crippen LogP contribution >= 0.6 is 0 Å². The molecule has 3 rings (SSSR count). The highest BCUT2D eigenvalue weighted by Gasteiger charge is 2.15. The molecule has 2 heterocycles. The zero-order chi connectivity index (χ0) is 16.4. The molecule has 0 radical (unpaired) electrons. The number of aromatic nitrogens is 2. The van der Waals surface area contributed by atoms with E-state index >= 15 is 0 Å². The number of nitrogens with zero attached hydrogens (tertiary/aromatic N) is 2. The number of hydrogen-bond donors (Lipinski definition) is 2. The van der Waals surface area contributed by atoms with Crippen molar-refractivity contribution in [2.24, 2.45) is 11.5 Å². The van der Waals surface area contributed by atoms with E-state index in [9.17, 15) is 9.59 Å². The van der Waals surface area contributed by atoms with Crippen molar-refractivity contribution in [1.29, 1.82) is 0 Å². The number of amides is 2. The van der Waals surface area contributed by atoms with Crippen LogP contribution in [-0.4, -0.2) is 21.4 Å². The number of aryl methyl sites for hydroxylation is 2. The van der Waals surface area contributed by atoms with Gasteiger partial charge in [0.25, 0.3) is 5.91 Å². The Kier molecular flexibility index (Phi) is 3.80. The maximum Gasteiger partial charge on any atom is 0.250 e. The summed E-state index contributed by atoms with van der Waals surface area (Å²) in [5.41, 5.74) is 13.1. The molecule has 0 unspecified atom stereocenters. The molecule has 6 nitrogen and oxygen atoms in total. The molecular weight excluding hydrogens is 292 g/mol. The first-order valence-corrected chi connectivity index (χ1v) is 7.18. The van der Waals surface area contributed by atoms with Gasteiger partial charge in [-0.3, -0.25) is 9.59 Å². The summed E-state index contributed by atoms with van der Waals surface area (Å²) < 4.78 is 1.87. The van der Waals surface area contributed by atoms with Crippen molar-refractivity contribution in [1.82, 2.24) is 9.55 Å². The molecule has 0 aliphatic carbocycles. The zero-order valence-electron chi connectivity index (χ0n) is 12.4. The Balaban J connectivity index is 2.00. The minimum atomic E-state index is -0.591. The lowest BCUT2D eigenvalue weighted by atomic mass is 10.1. The van der Waals surface area contributed by atoms with Gasteiger partial charge in [0.2, 0.25) is 5.91 Å². The predicted octanol–water partition coefficient (Wildman–Crippen LogP) is 1.48. The van der Waals surface area contributed by atoms with Crippen LogP contribution in [-0.2, 0) is 13.0 Å². The Morgan fingerprint density at radius 3 is 2.48 bits per heavy atom. The third-order valence-electron chi connectivity index (χ3n) is 3.75. The first-order chi connectivity index (χ1) is 11.1. The minimum absolute atomic E-state index is 0.251. The fourth-order valence-electron chi connectivity index (χ4n) is 2.57. The second kappa shape index (κ2) is 5.92. The van der Waals surface area contributed by atoms with Gasteiger partial charge in [-0.15, -0.1) is 0 Å². The molecule has 2 amide bonds. The van der Waals surface area contributed by atoms with Crippen molar-refractivity contribution in [3.63, 3.8) is 0 Å². The van der Waals surface area contributed by atoms with Gasteiger partial charge in [0.15, 0.2) is 0 Å². The van der Waals surface area contributed by atoms with Crippen LogP contribution in [0.2, 0.25) is 0 Å². The minimum Gasteiger partial charge on any atom is -0.366 e. The molecule has 23 heavy (non-hydrogen) atoms. The van der Waals surface area contributed by atoms with E-state index in [1.165, 1.54) is 11.8 Å². The van der Waals surface area contributed by atoms with Gasteiger partial charge in [-0.05, 0) is 18.1 Å². The summed E-state index contributed by atoms with van der Waals surface area (Å²) in [6.45, 7) is 0.650. The molecule has 0 saturated heterocycles. The average Bonchev–Trinajstić information content (AvgIpc) is 2.92. The van der Waals surface area contributed by atoms with E-state index in [1.807, 2.05) is 34.9 Å². The van der Waals surface area contributed by atoms with Gasteiger partial charge in [-0.1, -0.05) is 30.3 Å². The number of rotatable bonds is 5. The molecule has 0 atom stereocenters.